The summed E-state index contributed by atoms with van der Waals surface area (Å²) in [6, 6.07) is 13.6. The van der Waals surface area contributed by atoms with E-state index in [1.54, 1.807) is 6.07 Å². The number of nitrogens with zero attached hydrogens (tertiary/aromatic N) is 1. The number of benzene rings is 2. The minimum atomic E-state index is 0.000767. The Morgan fingerprint density at radius 2 is 2.08 bits per heavy atom. The SMILES string of the molecule is Cc1cccc(Cl)c1C(=O)N1CC[C@@H](Nc2cc3ccc(Cl)cc3[nH]2)C1. The molecule has 2 heterocycles. The third-order valence-electron chi connectivity index (χ3n) is 4.86. The number of H-pyrrole nitrogens is 1. The first kappa shape index (κ1) is 17.3. The van der Waals surface area contributed by atoms with E-state index in [4.69, 9.17) is 23.2 Å². The number of hydrogen-bond donors (Lipinski definition) is 2. The predicted molar refractivity (Wildman–Crippen MR) is 107 cm³/mol. The van der Waals surface area contributed by atoms with Crippen molar-refractivity contribution in [2.75, 3.05) is 18.4 Å². The number of hydrogen-bond acceptors (Lipinski definition) is 2. The van der Waals surface area contributed by atoms with Gasteiger partial charge in [-0.15, -0.1) is 0 Å². The van der Waals surface area contributed by atoms with Gasteiger partial charge in [-0.2, -0.15) is 0 Å². The summed E-state index contributed by atoms with van der Waals surface area (Å²) in [5.74, 6) is 0.941. The topological polar surface area (TPSA) is 48.1 Å². The van der Waals surface area contributed by atoms with Crippen LogP contribution < -0.4 is 5.32 Å². The average Bonchev–Trinajstić information content (AvgIpc) is 3.21. The largest absolute Gasteiger partial charge is 0.367 e. The Hall–Kier alpha value is -2.17. The number of aromatic nitrogens is 1. The fourth-order valence-electron chi connectivity index (χ4n) is 3.52. The van der Waals surface area contributed by atoms with Gasteiger partial charge in [0, 0.05) is 35.1 Å². The standard InChI is InChI=1S/C20H19Cl2N3O/c1-12-3-2-4-16(22)19(12)20(26)25-8-7-15(11-25)23-18-9-13-5-6-14(21)10-17(13)24-18/h2-6,9-10,15,23-24H,7-8,11H2,1H3/t15-/m1/s1. The molecule has 6 heteroatoms. The van der Waals surface area contributed by atoms with E-state index in [2.05, 4.69) is 16.4 Å². The van der Waals surface area contributed by atoms with Crippen LogP contribution in [0.3, 0.4) is 0 Å². The average molecular weight is 388 g/mol. The maximum Gasteiger partial charge on any atom is 0.255 e. The number of likely N-dealkylation sites (tertiary alicyclic amines) is 1. The van der Waals surface area contributed by atoms with E-state index < -0.39 is 0 Å². The maximum atomic E-state index is 12.9. The summed E-state index contributed by atoms with van der Waals surface area (Å²) in [6.07, 6.45) is 0.894. The van der Waals surface area contributed by atoms with Crippen LogP contribution in [0.1, 0.15) is 22.3 Å². The van der Waals surface area contributed by atoms with Crippen LogP contribution in [0.15, 0.2) is 42.5 Å². The molecule has 2 aromatic carbocycles. The Balaban J connectivity index is 1.47. The van der Waals surface area contributed by atoms with Crippen molar-refractivity contribution in [3.8, 4) is 0 Å². The van der Waals surface area contributed by atoms with Gasteiger partial charge in [0.25, 0.3) is 5.91 Å². The highest BCUT2D eigenvalue weighted by atomic mass is 35.5. The van der Waals surface area contributed by atoms with Crippen LogP contribution in [-0.2, 0) is 0 Å². The molecule has 1 aliphatic heterocycles. The number of rotatable bonds is 3. The van der Waals surface area contributed by atoms with Crippen LogP contribution in [0.4, 0.5) is 5.82 Å². The number of aromatic amines is 1. The molecule has 0 aliphatic carbocycles. The van der Waals surface area contributed by atoms with E-state index in [1.165, 1.54) is 0 Å². The van der Waals surface area contributed by atoms with Crippen LogP contribution in [0.25, 0.3) is 10.9 Å². The molecule has 4 rings (SSSR count). The van der Waals surface area contributed by atoms with Gasteiger partial charge in [-0.1, -0.05) is 41.4 Å². The van der Waals surface area contributed by atoms with Crippen molar-refractivity contribution in [3.05, 3.63) is 63.6 Å². The molecule has 1 aromatic heterocycles. The van der Waals surface area contributed by atoms with E-state index >= 15 is 0 Å². The number of nitrogens with one attached hydrogen (secondary N) is 2. The summed E-state index contributed by atoms with van der Waals surface area (Å²) in [4.78, 5) is 18.1. The van der Waals surface area contributed by atoms with Crippen LogP contribution >= 0.6 is 23.2 Å². The summed E-state index contributed by atoms with van der Waals surface area (Å²) in [7, 11) is 0. The monoisotopic (exact) mass is 387 g/mol. The lowest BCUT2D eigenvalue weighted by molar-refractivity contribution is 0.0791. The van der Waals surface area contributed by atoms with Crippen LogP contribution in [0.5, 0.6) is 0 Å². The van der Waals surface area contributed by atoms with Crippen LogP contribution in [0, 0.1) is 6.92 Å². The zero-order valence-electron chi connectivity index (χ0n) is 14.4. The second kappa shape index (κ2) is 6.86. The first-order valence-corrected chi connectivity index (χ1v) is 9.36. The lowest BCUT2D eigenvalue weighted by atomic mass is 10.1. The molecule has 2 N–H and O–H groups in total. The molecule has 1 atom stereocenters. The molecular formula is C20H19Cl2N3O. The molecule has 134 valence electrons. The van der Waals surface area contributed by atoms with Gasteiger partial charge in [0.05, 0.1) is 10.6 Å². The van der Waals surface area contributed by atoms with E-state index in [9.17, 15) is 4.79 Å². The Kier molecular flexibility index (Phi) is 4.55. The van der Waals surface area contributed by atoms with Gasteiger partial charge in [0.2, 0.25) is 0 Å². The second-order valence-electron chi connectivity index (χ2n) is 6.73. The molecule has 26 heavy (non-hydrogen) atoms. The highest BCUT2D eigenvalue weighted by Crippen LogP contribution is 2.26. The Labute approximate surface area is 162 Å². The van der Waals surface area contributed by atoms with Crippen molar-refractivity contribution in [2.45, 2.75) is 19.4 Å². The van der Waals surface area contributed by atoms with Crippen molar-refractivity contribution < 1.29 is 4.79 Å². The van der Waals surface area contributed by atoms with E-state index in [1.807, 2.05) is 42.2 Å². The third-order valence-corrected chi connectivity index (χ3v) is 5.41. The molecule has 0 radical (unpaired) electrons. The molecule has 3 aromatic rings. The number of carbonyl (C=O) groups is 1. The van der Waals surface area contributed by atoms with Gasteiger partial charge in [0.15, 0.2) is 0 Å². The minimum absolute atomic E-state index is 0.000767. The summed E-state index contributed by atoms with van der Waals surface area (Å²) in [6.45, 7) is 3.29. The number of amides is 1. The van der Waals surface area contributed by atoms with Gasteiger partial charge in [0.1, 0.15) is 5.82 Å². The van der Waals surface area contributed by atoms with Gasteiger partial charge in [-0.05, 0) is 43.2 Å². The molecule has 0 saturated carbocycles. The Bertz CT molecular complexity index is 962. The number of fused-ring (bicyclic) bond motifs is 1. The quantitative estimate of drug-likeness (QED) is 0.655. The van der Waals surface area contributed by atoms with Crippen molar-refractivity contribution in [1.82, 2.24) is 9.88 Å². The summed E-state index contributed by atoms with van der Waals surface area (Å²) >= 11 is 12.3. The summed E-state index contributed by atoms with van der Waals surface area (Å²) in [5, 5.41) is 5.82. The Morgan fingerprint density at radius 1 is 1.23 bits per heavy atom. The predicted octanol–water partition coefficient (Wildman–Crippen LogP) is 5.11. The molecule has 1 fully saturated rings. The maximum absolute atomic E-state index is 12.9. The molecule has 0 unspecified atom stereocenters. The molecule has 0 spiro atoms. The lowest BCUT2D eigenvalue weighted by Crippen LogP contribution is -2.32. The highest BCUT2D eigenvalue weighted by Gasteiger charge is 2.29. The normalized spacial score (nSPS) is 17.0. The van der Waals surface area contributed by atoms with Crippen molar-refractivity contribution in [2.24, 2.45) is 0 Å². The second-order valence-corrected chi connectivity index (χ2v) is 7.57. The first-order chi connectivity index (χ1) is 12.5. The molecular weight excluding hydrogens is 369 g/mol. The van der Waals surface area contributed by atoms with Crippen molar-refractivity contribution >= 4 is 45.8 Å². The van der Waals surface area contributed by atoms with Crippen molar-refractivity contribution in [3.63, 3.8) is 0 Å². The van der Waals surface area contributed by atoms with E-state index in [-0.39, 0.29) is 11.9 Å². The fourth-order valence-corrected chi connectivity index (χ4v) is 4.00. The number of carbonyl (C=O) groups excluding carboxylic acids is 1. The molecule has 1 amide bonds. The van der Waals surface area contributed by atoms with Gasteiger partial charge in [-0.3, -0.25) is 4.79 Å². The summed E-state index contributed by atoms with van der Waals surface area (Å²) in [5.41, 5.74) is 2.51. The van der Waals surface area contributed by atoms with Crippen LogP contribution in [-0.4, -0.2) is 34.9 Å². The lowest BCUT2D eigenvalue weighted by Gasteiger charge is -2.19. The van der Waals surface area contributed by atoms with E-state index in [0.29, 0.717) is 28.7 Å². The first-order valence-electron chi connectivity index (χ1n) is 8.60. The van der Waals surface area contributed by atoms with Crippen molar-refractivity contribution in [1.29, 1.82) is 0 Å². The third kappa shape index (κ3) is 3.27. The smallest absolute Gasteiger partial charge is 0.255 e. The molecule has 0 bridgehead atoms. The Morgan fingerprint density at radius 3 is 2.88 bits per heavy atom. The molecule has 1 aliphatic rings. The fraction of sp³-hybridized carbons (Fsp3) is 0.250. The number of anilines is 1. The van der Waals surface area contributed by atoms with Crippen LogP contribution in [0.2, 0.25) is 10.0 Å². The molecule has 1 saturated heterocycles. The van der Waals surface area contributed by atoms with Gasteiger partial charge < -0.3 is 15.2 Å². The zero-order chi connectivity index (χ0) is 18.3. The molecule has 4 nitrogen and oxygen atoms in total. The summed E-state index contributed by atoms with van der Waals surface area (Å²) < 4.78 is 0. The van der Waals surface area contributed by atoms with Gasteiger partial charge in [-0.25, -0.2) is 0 Å². The minimum Gasteiger partial charge on any atom is -0.367 e. The van der Waals surface area contributed by atoms with E-state index in [0.717, 1.165) is 28.7 Å². The zero-order valence-corrected chi connectivity index (χ0v) is 15.9. The highest BCUT2D eigenvalue weighted by molar-refractivity contribution is 6.34. The number of aryl methyl sites for hydroxylation is 1. The number of halogens is 2. The van der Waals surface area contributed by atoms with Gasteiger partial charge >= 0.3 is 0 Å².